The van der Waals surface area contributed by atoms with Crippen molar-refractivity contribution in [3.8, 4) is 0 Å². The van der Waals surface area contributed by atoms with Gasteiger partial charge in [-0.2, -0.15) is 0 Å². The van der Waals surface area contributed by atoms with Crippen molar-refractivity contribution < 1.29 is 11.0 Å². The molecule has 0 aliphatic carbocycles. The highest BCUT2D eigenvalue weighted by Gasteiger charge is 1.96. The van der Waals surface area contributed by atoms with Gasteiger partial charge in [0, 0.05) is 0 Å². The molecule has 0 saturated carbocycles. The lowest BCUT2D eigenvalue weighted by Crippen LogP contribution is -2.22. The summed E-state index contributed by atoms with van der Waals surface area (Å²) >= 11 is 0. The van der Waals surface area contributed by atoms with Crippen molar-refractivity contribution in [2.75, 3.05) is 11.0 Å². The summed E-state index contributed by atoms with van der Waals surface area (Å²) < 4.78 is 0. The van der Waals surface area contributed by atoms with Gasteiger partial charge < -0.3 is 21.9 Å². The number of anilines is 2. The molecule has 0 atom stereocenters. The van der Waals surface area contributed by atoms with E-state index in [2.05, 4.69) is 10.2 Å². The smallest absolute Gasteiger partial charge is 0.283 e. The van der Waals surface area contributed by atoms with Gasteiger partial charge in [0.1, 0.15) is 5.82 Å². The molecule has 7 N–H and O–H groups in total. The maximum absolute atomic E-state index is 5.53. The van der Waals surface area contributed by atoms with Gasteiger partial charge >= 0.3 is 0 Å². The van der Waals surface area contributed by atoms with Crippen LogP contribution in [-0.2, 0) is 0 Å². The number of hydrogen-bond acceptors (Lipinski definition) is 3. The Morgan fingerprint density at radius 3 is 2.29 bits per heavy atom. The molecule has 0 bridgehead atoms. The summed E-state index contributed by atoms with van der Waals surface area (Å²) in [4.78, 5) is 4.13. The molecule has 1 aromatic heterocycles. The third kappa shape index (κ3) is 4.54. The van der Waals surface area contributed by atoms with Gasteiger partial charge in [-0.1, -0.05) is 35.8 Å². The maximum Gasteiger partial charge on any atom is 0.283 e. The Bertz CT molecular complexity index is 422. The van der Waals surface area contributed by atoms with Crippen molar-refractivity contribution in [3.05, 3.63) is 48.7 Å². The zero-order chi connectivity index (χ0) is 10.5. The summed E-state index contributed by atoms with van der Waals surface area (Å²) in [7, 11) is 1.90. The third-order valence-corrected chi connectivity index (χ3v) is 1.97. The highest BCUT2D eigenvalue weighted by atomic mass is 16.0. The topological polar surface area (TPSA) is 114 Å². The molecule has 2 rings (SSSR count). The van der Waals surface area contributed by atoms with E-state index >= 15 is 0 Å². The molecule has 0 aliphatic heterocycles. The standard InChI is InChI=1S/C11H11BN3.2H2O/c13-10-6-7-11(14-8-10)15-12-9-4-2-1-3-5-9;;/h1-8H,13H2,(H,14,15);2*1H2. The second-order valence-corrected chi connectivity index (χ2v) is 3.18. The van der Waals surface area contributed by atoms with Crippen LogP contribution in [0.15, 0.2) is 48.7 Å². The van der Waals surface area contributed by atoms with Crippen LogP contribution >= 0.6 is 0 Å². The fourth-order valence-corrected chi connectivity index (χ4v) is 1.20. The van der Waals surface area contributed by atoms with Crippen molar-refractivity contribution in [3.63, 3.8) is 0 Å². The first-order chi connectivity index (χ1) is 7.34. The van der Waals surface area contributed by atoms with Gasteiger partial charge in [0.15, 0.2) is 0 Å². The lowest BCUT2D eigenvalue weighted by atomic mass is 9.83. The minimum atomic E-state index is 0. The van der Waals surface area contributed by atoms with Crippen LogP contribution in [-0.4, -0.2) is 23.4 Å². The van der Waals surface area contributed by atoms with Crippen LogP contribution < -0.4 is 16.4 Å². The first-order valence-electron chi connectivity index (χ1n) is 4.71. The summed E-state index contributed by atoms with van der Waals surface area (Å²) in [6.07, 6.45) is 1.63. The van der Waals surface area contributed by atoms with Crippen molar-refractivity contribution in [1.29, 1.82) is 0 Å². The molecule has 1 heterocycles. The average molecular weight is 232 g/mol. The average Bonchev–Trinajstić information content (AvgIpc) is 2.30. The van der Waals surface area contributed by atoms with Crippen LogP contribution in [0.5, 0.6) is 0 Å². The van der Waals surface area contributed by atoms with Crippen molar-refractivity contribution in [2.24, 2.45) is 0 Å². The van der Waals surface area contributed by atoms with Gasteiger partial charge in [0.05, 0.1) is 11.9 Å². The highest BCUT2D eigenvalue weighted by molar-refractivity contribution is 6.56. The van der Waals surface area contributed by atoms with E-state index in [9.17, 15) is 0 Å². The Hall–Kier alpha value is -2.05. The summed E-state index contributed by atoms with van der Waals surface area (Å²) in [5.74, 6) is 0.785. The lowest BCUT2D eigenvalue weighted by molar-refractivity contribution is 0.823. The van der Waals surface area contributed by atoms with Crippen LogP contribution in [0.1, 0.15) is 0 Å². The number of nitrogens with two attached hydrogens (primary N) is 1. The van der Waals surface area contributed by atoms with Crippen LogP contribution in [0.4, 0.5) is 11.5 Å². The van der Waals surface area contributed by atoms with Crippen LogP contribution in [0.2, 0.25) is 0 Å². The van der Waals surface area contributed by atoms with E-state index in [1.54, 1.807) is 6.20 Å². The van der Waals surface area contributed by atoms with E-state index in [1.165, 1.54) is 0 Å². The van der Waals surface area contributed by atoms with Gasteiger partial charge in [-0.15, -0.1) is 0 Å². The van der Waals surface area contributed by atoms with E-state index < -0.39 is 0 Å². The molecule has 0 aliphatic rings. The molecule has 0 fully saturated rings. The maximum atomic E-state index is 5.53. The van der Waals surface area contributed by atoms with E-state index in [0.29, 0.717) is 5.69 Å². The van der Waals surface area contributed by atoms with E-state index in [4.69, 9.17) is 5.73 Å². The number of pyridine rings is 1. The molecule has 0 spiro atoms. The Morgan fingerprint density at radius 1 is 1.00 bits per heavy atom. The first-order valence-corrected chi connectivity index (χ1v) is 4.71. The largest absolute Gasteiger partial charge is 0.413 e. The number of benzene rings is 1. The van der Waals surface area contributed by atoms with Gasteiger partial charge in [-0.3, -0.25) is 0 Å². The zero-order valence-corrected chi connectivity index (χ0v) is 9.22. The SMILES string of the molecule is Nc1ccc(N[B]c2ccccc2)nc1.O.O. The predicted molar refractivity (Wildman–Crippen MR) is 71.3 cm³/mol. The normalized spacial score (nSPS) is 8.47. The second-order valence-electron chi connectivity index (χ2n) is 3.18. The van der Waals surface area contributed by atoms with Crippen molar-refractivity contribution in [1.82, 2.24) is 4.98 Å². The molecule has 17 heavy (non-hydrogen) atoms. The Kier molecular flexibility index (Phi) is 6.39. The fourth-order valence-electron chi connectivity index (χ4n) is 1.20. The molecular formula is C11H15BN3O2. The molecule has 2 aromatic rings. The summed E-state index contributed by atoms with van der Waals surface area (Å²) in [5.41, 5.74) is 7.31. The number of nitrogen functional groups attached to an aromatic ring is 1. The summed E-state index contributed by atoms with van der Waals surface area (Å²) in [5, 5.41) is 3.10. The van der Waals surface area contributed by atoms with Crippen molar-refractivity contribution in [2.45, 2.75) is 0 Å². The number of hydrogen-bond donors (Lipinski definition) is 2. The molecule has 89 valence electrons. The van der Waals surface area contributed by atoms with Gasteiger partial charge in [0.25, 0.3) is 7.41 Å². The Morgan fingerprint density at radius 2 is 1.71 bits per heavy atom. The molecular weight excluding hydrogens is 217 g/mol. The number of nitrogens with one attached hydrogen (secondary N) is 1. The monoisotopic (exact) mass is 232 g/mol. The zero-order valence-electron chi connectivity index (χ0n) is 9.22. The van der Waals surface area contributed by atoms with Crippen LogP contribution in [0, 0.1) is 0 Å². The Labute approximate surface area is 101 Å². The van der Waals surface area contributed by atoms with E-state index in [0.717, 1.165) is 11.3 Å². The molecule has 5 nitrogen and oxygen atoms in total. The first kappa shape index (κ1) is 15.0. The molecule has 0 saturated heterocycles. The summed E-state index contributed by atoms with van der Waals surface area (Å²) in [6.45, 7) is 0. The highest BCUT2D eigenvalue weighted by Crippen LogP contribution is 2.04. The minimum absolute atomic E-state index is 0. The molecule has 6 heteroatoms. The van der Waals surface area contributed by atoms with Crippen LogP contribution in [0.3, 0.4) is 0 Å². The Balaban J connectivity index is 0.00000128. The number of aromatic nitrogens is 1. The van der Waals surface area contributed by atoms with Gasteiger partial charge in [-0.25, -0.2) is 4.98 Å². The quantitative estimate of drug-likeness (QED) is 0.686. The molecule has 0 amide bonds. The number of rotatable bonds is 3. The summed E-state index contributed by atoms with van der Waals surface area (Å²) in [6, 6.07) is 13.7. The molecule has 1 radical (unpaired) electrons. The third-order valence-electron chi connectivity index (χ3n) is 1.97. The predicted octanol–water partition coefficient (Wildman–Crippen LogP) is -0.629. The van der Waals surface area contributed by atoms with E-state index in [1.807, 2.05) is 49.9 Å². The van der Waals surface area contributed by atoms with E-state index in [-0.39, 0.29) is 11.0 Å². The van der Waals surface area contributed by atoms with Crippen LogP contribution in [0.25, 0.3) is 0 Å². The second kappa shape index (κ2) is 7.26. The van der Waals surface area contributed by atoms with Gasteiger partial charge in [-0.05, 0) is 12.1 Å². The lowest BCUT2D eigenvalue weighted by Gasteiger charge is -2.03. The molecule has 0 unspecified atom stereocenters. The number of nitrogens with zero attached hydrogens (tertiary/aromatic N) is 1. The van der Waals surface area contributed by atoms with Gasteiger partial charge in [0.2, 0.25) is 0 Å². The fraction of sp³-hybridized carbons (Fsp3) is 0. The minimum Gasteiger partial charge on any atom is -0.413 e. The molecule has 1 aromatic carbocycles. The van der Waals surface area contributed by atoms with Crippen molar-refractivity contribution >= 4 is 24.4 Å².